The van der Waals surface area contributed by atoms with Gasteiger partial charge in [0.25, 0.3) is 12.3 Å². The molecule has 0 aliphatic rings. The number of aliphatic hydroxyl groups excluding tert-OH is 1. The minimum absolute atomic E-state index is 0.271. The zero-order valence-corrected chi connectivity index (χ0v) is 19.0. The Hall–Kier alpha value is -3.51. The molecule has 0 aliphatic heterocycles. The zero-order chi connectivity index (χ0) is 26.8. The van der Waals surface area contributed by atoms with Gasteiger partial charge in [-0.3, -0.25) is 4.79 Å². The van der Waals surface area contributed by atoms with E-state index in [0.717, 1.165) is 16.8 Å². The molecule has 1 heterocycles. The van der Waals surface area contributed by atoms with Crippen LogP contribution in [-0.4, -0.2) is 38.2 Å². The number of amides is 1. The van der Waals surface area contributed by atoms with E-state index in [-0.39, 0.29) is 5.75 Å². The molecular weight excluding hydrogens is 477 g/mol. The topological polar surface area (TPSA) is 96.6 Å². The van der Waals surface area contributed by atoms with Gasteiger partial charge in [0.1, 0.15) is 17.0 Å². The van der Waals surface area contributed by atoms with Gasteiger partial charge in [-0.2, -0.15) is 18.3 Å². The highest BCUT2D eigenvalue weighted by Gasteiger charge is 2.32. The number of benzene rings is 1. The number of aryl methyl sites for hydroxylation is 1. The Bertz CT molecular complexity index is 1030. The summed E-state index contributed by atoms with van der Waals surface area (Å²) >= 11 is 0. The molecular formula is C23H26F5N3O4. The lowest BCUT2D eigenvalue weighted by Crippen LogP contribution is -2.32. The van der Waals surface area contributed by atoms with E-state index in [1.165, 1.54) is 31.3 Å². The first-order valence-corrected chi connectivity index (χ1v) is 10.1. The number of hydrogen-bond acceptors (Lipinski definition) is 5. The quantitative estimate of drug-likeness (QED) is 0.196. The highest BCUT2D eigenvalue weighted by Crippen LogP contribution is 2.35. The number of ether oxygens (including phenoxy) is 1. The third-order valence-electron chi connectivity index (χ3n) is 4.15. The fourth-order valence-electron chi connectivity index (χ4n) is 2.64. The van der Waals surface area contributed by atoms with Gasteiger partial charge in [0.05, 0.1) is 5.56 Å². The molecule has 12 heteroatoms. The molecule has 2 rings (SSSR count). The van der Waals surface area contributed by atoms with Gasteiger partial charge in [0, 0.05) is 13.1 Å². The number of halogens is 5. The van der Waals surface area contributed by atoms with E-state index < -0.39 is 53.5 Å². The van der Waals surface area contributed by atoms with Crippen LogP contribution in [0.2, 0.25) is 0 Å². The summed E-state index contributed by atoms with van der Waals surface area (Å²) in [5.74, 6) is -1.54. The summed E-state index contributed by atoms with van der Waals surface area (Å²) in [5, 5.41) is 22.3. The summed E-state index contributed by atoms with van der Waals surface area (Å²) in [6.07, 6.45) is -2.96. The van der Waals surface area contributed by atoms with Gasteiger partial charge in [0.2, 0.25) is 5.88 Å². The number of aromatic nitrogens is 2. The molecule has 0 radical (unpaired) electrons. The molecule has 1 atom stereocenters. The van der Waals surface area contributed by atoms with E-state index in [4.69, 9.17) is 14.9 Å². The molecule has 7 nitrogen and oxygen atoms in total. The molecule has 0 bridgehead atoms. The highest BCUT2D eigenvalue weighted by atomic mass is 19.4. The normalized spacial score (nSPS) is 12.3. The van der Waals surface area contributed by atoms with Crippen molar-refractivity contribution in [1.29, 1.82) is 0 Å². The van der Waals surface area contributed by atoms with Crippen LogP contribution in [0.5, 0.6) is 11.6 Å². The van der Waals surface area contributed by atoms with Crippen molar-refractivity contribution >= 4 is 5.91 Å². The molecule has 0 saturated heterocycles. The number of carbonyl (C=O) groups excluding carboxylic acids is 1. The van der Waals surface area contributed by atoms with E-state index in [1.54, 1.807) is 13.0 Å². The smallest absolute Gasteiger partial charge is 0.416 e. The first kappa shape index (κ1) is 29.5. The molecule has 1 aromatic heterocycles. The molecule has 1 unspecified atom stereocenters. The molecule has 0 fully saturated rings. The summed E-state index contributed by atoms with van der Waals surface area (Å²) < 4.78 is 71.6. The van der Waals surface area contributed by atoms with Crippen molar-refractivity contribution in [2.24, 2.45) is 7.05 Å². The molecule has 3 N–H and O–H groups in total. The second-order valence-electron chi connectivity index (χ2n) is 7.05. The van der Waals surface area contributed by atoms with Gasteiger partial charge >= 0.3 is 6.18 Å². The van der Waals surface area contributed by atoms with E-state index in [9.17, 15) is 26.7 Å². The lowest BCUT2D eigenvalue weighted by molar-refractivity contribution is -0.137. The van der Waals surface area contributed by atoms with Crippen LogP contribution < -0.4 is 10.1 Å². The van der Waals surface area contributed by atoms with Crippen LogP contribution in [-0.2, 0) is 13.2 Å². The maximum absolute atomic E-state index is 13.3. The molecule has 192 valence electrons. The van der Waals surface area contributed by atoms with Gasteiger partial charge in [0.15, 0.2) is 6.29 Å². The summed E-state index contributed by atoms with van der Waals surface area (Å²) in [7, 11) is 1.25. The number of nitrogens with one attached hydrogen (secondary N) is 1. The lowest BCUT2D eigenvalue weighted by Gasteiger charge is -2.14. The van der Waals surface area contributed by atoms with Crippen molar-refractivity contribution in [2.45, 2.75) is 38.3 Å². The molecule has 0 aliphatic carbocycles. The fraction of sp³-hybridized carbons (Fsp3) is 0.304. The monoisotopic (exact) mass is 503 g/mol. The Balaban J connectivity index is 0.000000762. The number of rotatable bonds is 9. The maximum Gasteiger partial charge on any atom is 0.416 e. The molecule has 1 aromatic carbocycles. The summed E-state index contributed by atoms with van der Waals surface area (Å²) in [6, 6.07) is 3.46. The number of carbonyl (C=O) groups is 1. The SMILES string of the molecule is C=C/C=C/C(O)O.C=CCC(C)NC(=O)c1c(C(F)F)nn(C)c1Oc1cccc(C(F)(F)F)c1. The second kappa shape index (κ2) is 13.4. The number of alkyl halides is 5. The number of nitrogens with zero attached hydrogens (tertiary/aromatic N) is 2. The summed E-state index contributed by atoms with van der Waals surface area (Å²) in [5.41, 5.74) is -2.34. The average Bonchev–Trinajstić information content (AvgIpc) is 3.09. The van der Waals surface area contributed by atoms with Gasteiger partial charge in [-0.25, -0.2) is 13.5 Å². The summed E-state index contributed by atoms with van der Waals surface area (Å²) in [6.45, 7) is 8.50. The summed E-state index contributed by atoms with van der Waals surface area (Å²) in [4.78, 5) is 12.5. The Morgan fingerprint density at radius 2 is 1.94 bits per heavy atom. The predicted octanol–water partition coefficient (Wildman–Crippen LogP) is 4.90. The van der Waals surface area contributed by atoms with Crippen LogP contribution in [0.3, 0.4) is 0 Å². The first-order chi connectivity index (χ1) is 16.3. The number of hydrogen-bond donors (Lipinski definition) is 3. The Kier molecular flexibility index (Phi) is 11.3. The van der Waals surface area contributed by atoms with Gasteiger partial charge < -0.3 is 20.3 Å². The van der Waals surface area contributed by atoms with E-state index in [1.807, 2.05) is 0 Å². The zero-order valence-electron chi connectivity index (χ0n) is 19.0. The van der Waals surface area contributed by atoms with Crippen LogP contribution in [0.25, 0.3) is 0 Å². The minimum Gasteiger partial charge on any atom is -0.438 e. The van der Waals surface area contributed by atoms with Crippen molar-refractivity contribution in [3.05, 3.63) is 78.5 Å². The van der Waals surface area contributed by atoms with Gasteiger partial charge in [-0.05, 0) is 37.6 Å². The Labute approximate surface area is 198 Å². The Morgan fingerprint density at radius 1 is 1.29 bits per heavy atom. The molecule has 0 spiro atoms. The predicted molar refractivity (Wildman–Crippen MR) is 119 cm³/mol. The highest BCUT2D eigenvalue weighted by molar-refractivity contribution is 5.98. The van der Waals surface area contributed by atoms with Crippen molar-refractivity contribution in [3.8, 4) is 11.6 Å². The lowest BCUT2D eigenvalue weighted by atomic mass is 10.1. The molecule has 2 aromatic rings. The third kappa shape index (κ3) is 9.33. The van der Waals surface area contributed by atoms with Crippen LogP contribution in [0.4, 0.5) is 22.0 Å². The maximum atomic E-state index is 13.3. The van der Waals surface area contributed by atoms with Crippen LogP contribution in [0.1, 0.15) is 41.4 Å². The van der Waals surface area contributed by atoms with Crippen molar-refractivity contribution in [2.75, 3.05) is 0 Å². The molecule has 0 saturated carbocycles. The number of allylic oxidation sites excluding steroid dienone is 2. The van der Waals surface area contributed by atoms with Crippen LogP contribution in [0, 0.1) is 0 Å². The minimum atomic E-state index is -4.61. The van der Waals surface area contributed by atoms with E-state index >= 15 is 0 Å². The Morgan fingerprint density at radius 3 is 2.43 bits per heavy atom. The standard InChI is InChI=1S/C18H18F5N3O2.C5H8O2/c1-4-6-10(2)24-16(27)13-14(15(19)20)25-26(3)17(13)28-12-8-5-7-11(9-12)18(21,22)23;1-2-3-4-5(6)7/h4-5,7-10,15H,1,6H2,2-3H3,(H,24,27);2-7H,1H2/b;4-3+. The van der Waals surface area contributed by atoms with Crippen molar-refractivity contribution < 1.29 is 41.7 Å². The second-order valence-corrected chi connectivity index (χ2v) is 7.05. The third-order valence-corrected chi connectivity index (χ3v) is 4.15. The van der Waals surface area contributed by atoms with Crippen molar-refractivity contribution in [1.82, 2.24) is 15.1 Å². The number of aliphatic hydroxyl groups is 2. The average molecular weight is 503 g/mol. The molecule has 35 heavy (non-hydrogen) atoms. The molecule has 1 amide bonds. The first-order valence-electron chi connectivity index (χ1n) is 10.1. The van der Waals surface area contributed by atoms with Crippen molar-refractivity contribution in [3.63, 3.8) is 0 Å². The van der Waals surface area contributed by atoms with Gasteiger partial charge in [-0.1, -0.05) is 30.9 Å². The van der Waals surface area contributed by atoms with Gasteiger partial charge in [-0.15, -0.1) is 6.58 Å². The fourth-order valence-corrected chi connectivity index (χ4v) is 2.64. The largest absolute Gasteiger partial charge is 0.438 e. The van der Waals surface area contributed by atoms with Crippen LogP contribution in [0.15, 0.2) is 61.7 Å². The van der Waals surface area contributed by atoms with Crippen LogP contribution >= 0.6 is 0 Å². The van der Waals surface area contributed by atoms with E-state index in [2.05, 4.69) is 23.6 Å². The van der Waals surface area contributed by atoms with E-state index in [0.29, 0.717) is 12.5 Å².